The molecule has 11 heteroatoms. The lowest BCUT2D eigenvalue weighted by Gasteiger charge is -2.22. The first kappa shape index (κ1) is 23.9. The van der Waals surface area contributed by atoms with Crippen LogP contribution in [0.2, 0.25) is 0 Å². The van der Waals surface area contributed by atoms with Crippen molar-refractivity contribution in [1.29, 1.82) is 0 Å². The summed E-state index contributed by atoms with van der Waals surface area (Å²) in [6.07, 6.45) is 1.45. The first-order chi connectivity index (χ1) is 15.2. The molecule has 0 bridgehead atoms. The number of hydrogen-bond donors (Lipinski definition) is 2. The van der Waals surface area contributed by atoms with Gasteiger partial charge < -0.3 is 20.1 Å². The average Bonchev–Trinajstić information content (AvgIpc) is 3.12. The molecule has 1 fully saturated rings. The molecule has 1 aromatic carbocycles. The average molecular weight is 467 g/mol. The Hall–Kier alpha value is -2.76. The number of carbonyl (C=O) groups excluding carboxylic acids is 1. The SMILES string of the molecule is CCS(=O)(=O)N1C[C@@H](Oc2cc(F)cc(NC(=O)Nc3ccc(C)nc3)c2)C[C@@H]1COC. The number of hydrogen-bond acceptors (Lipinski definition) is 6. The second-order valence-electron chi connectivity index (χ2n) is 7.50. The maximum atomic E-state index is 14.2. The van der Waals surface area contributed by atoms with Gasteiger partial charge in [-0.3, -0.25) is 4.98 Å². The van der Waals surface area contributed by atoms with Crippen molar-refractivity contribution in [3.8, 4) is 5.75 Å². The standard InChI is InChI=1S/C21H27FN4O5S/c1-4-32(28,29)26-12-20(10-18(26)13-30-3)31-19-8-15(22)7-17(9-19)25-21(27)24-16-6-5-14(2)23-11-16/h5-9,11,18,20H,4,10,12-13H2,1-3H3,(H2,24,25,27)/t18-,20+/m1/s1. The molecule has 1 aromatic heterocycles. The van der Waals surface area contributed by atoms with E-state index in [4.69, 9.17) is 9.47 Å². The van der Waals surface area contributed by atoms with Gasteiger partial charge >= 0.3 is 6.03 Å². The van der Waals surface area contributed by atoms with Crippen molar-refractivity contribution in [3.05, 3.63) is 48.0 Å². The van der Waals surface area contributed by atoms with E-state index in [1.54, 1.807) is 19.1 Å². The molecule has 2 amide bonds. The van der Waals surface area contributed by atoms with Gasteiger partial charge in [-0.2, -0.15) is 4.31 Å². The van der Waals surface area contributed by atoms with Gasteiger partial charge in [0.25, 0.3) is 0 Å². The number of benzene rings is 1. The molecule has 2 atom stereocenters. The van der Waals surface area contributed by atoms with E-state index in [2.05, 4.69) is 15.6 Å². The van der Waals surface area contributed by atoms with Gasteiger partial charge in [0.1, 0.15) is 17.7 Å². The van der Waals surface area contributed by atoms with Crippen LogP contribution >= 0.6 is 0 Å². The highest BCUT2D eigenvalue weighted by molar-refractivity contribution is 7.89. The molecular formula is C21H27FN4O5S. The highest BCUT2D eigenvalue weighted by Gasteiger charge is 2.39. The van der Waals surface area contributed by atoms with Gasteiger partial charge in [0.15, 0.2) is 0 Å². The number of nitrogens with zero attached hydrogens (tertiary/aromatic N) is 2. The van der Waals surface area contributed by atoms with Crippen molar-refractivity contribution < 1.29 is 27.1 Å². The molecule has 2 heterocycles. The third-order valence-electron chi connectivity index (χ3n) is 5.01. The molecule has 0 spiro atoms. The number of aryl methyl sites for hydroxylation is 1. The Kier molecular flexibility index (Phi) is 7.64. The largest absolute Gasteiger partial charge is 0.489 e. The fourth-order valence-corrected chi connectivity index (χ4v) is 4.84. The second kappa shape index (κ2) is 10.2. The van der Waals surface area contributed by atoms with Crippen LogP contribution < -0.4 is 15.4 Å². The summed E-state index contributed by atoms with van der Waals surface area (Å²) in [6.45, 7) is 3.79. The monoisotopic (exact) mass is 466 g/mol. The van der Waals surface area contributed by atoms with E-state index in [1.165, 1.54) is 29.7 Å². The number of amides is 2. The summed E-state index contributed by atoms with van der Waals surface area (Å²) in [4.78, 5) is 16.3. The Morgan fingerprint density at radius 1 is 1.25 bits per heavy atom. The summed E-state index contributed by atoms with van der Waals surface area (Å²) in [7, 11) is -1.92. The number of aromatic nitrogens is 1. The van der Waals surface area contributed by atoms with E-state index in [-0.39, 0.29) is 36.4 Å². The summed E-state index contributed by atoms with van der Waals surface area (Å²) in [6, 6.07) is 6.38. The molecule has 0 radical (unpaired) electrons. The molecule has 1 saturated heterocycles. The van der Waals surface area contributed by atoms with Crippen LogP contribution in [-0.4, -0.2) is 61.9 Å². The number of nitrogens with one attached hydrogen (secondary N) is 2. The van der Waals surface area contributed by atoms with Crippen molar-refractivity contribution in [3.63, 3.8) is 0 Å². The summed E-state index contributed by atoms with van der Waals surface area (Å²) in [5.74, 6) is -0.437. The van der Waals surface area contributed by atoms with Crippen LogP contribution in [0.1, 0.15) is 19.0 Å². The van der Waals surface area contributed by atoms with Crippen LogP contribution in [0, 0.1) is 12.7 Å². The van der Waals surface area contributed by atoms with Crippen LogP contribution in [0.4, 0.5) is 20.6 Å². The Balaban J connectivity index is 1.67. The number of methoxy groups -OCH3 is 1. The summed E-state index contributed by atoms with van der Waals surface area (Å²) >= 11 is 0. The molecule has 32 heavy (non-hydrogen) atoms. The van der Waals surface area contributed by atoms with Crippen molar-refractivity contribution in [1.82, 2.24) is 9.29 Å². The number of rotatable bonds is 8. The zero-order valence-electron chi connectivity index (χ0n) is 18.2. The number of pyridine rings is 1. The van der Waals surface area contributed by atoms with Gasteiger partial charge in [0.05, 0.1) is 36.8 Å². The number of carbonyl (C=O) groups is 1. The van der Waals surface area contributed by atoms with Gasteiger partial charge in [-0.25, -0.2) is 17.6 Å². The predicted molar refractivity (Wildman–Crippen MR) is 119 cm³/mol. The van der Waals surface area contributed by atoms with Crippen LogP contribution in [0.25, 0.3) is 0 Å². The van der Waals surface area contributed by atoms with Crippen molar-refractivity contribution in [2.24, 2.45) is 0 Å². The second-order valence-corrected chi connectivity index (χ2v) is 9.71. The first-order valence-electron chi connectivity index (χ1n) is 10.2. The molecule has 0 aliphatic carbocycles. The molecule has 1 aliphatic rings. The fourth-order valence-electron chi connectivity index (χ4n) is 3.51. The molecule has 0 unspecified atom stereocenters. The van der Waals surface area contributed by atoms with Gasteiger partial charge in [0.2, 0.25) is 10.0 Å². The fraction of sp³-hybridized carbons (Fsp3) is 0.429. The highest BCUT2D eigenvalue weighted by atomic mass is 32.2. The van der Waals surface area contributed by atoms with Gasteiger partial charge in [0, 0.05) is 37.0 Å². The molecule has 2 N–H and O–H groups in total. The van der Waals surface area contributed by atoms with Gasteiger partial charge in [-0.05, 0) is 32.0 Å². The minimum Gasteiger partial charge on any atom is -0.489 e. The summed E-state index contributed by atoms with van der Waals surface area (Å²) in [5, 5.41) is 5.17. The lowest BCUT2D eigenvalue weighted by atomic mass is 10.2. The van der Waals surface area contributed by atoms with Crippen LogP contribution in [-0.2, 0) is 14.8 Å². The van der Waals surface area contributed by atoms with E-state index >= 15 is 0 Å². The Morgan fingerprint density at radius 2 is 2.00 bits per heavy atom. The number of urea groups is 1. The third-order valence-corrected chi connectivity index (χ3v) is 6.90. The highest BCUT2D eigenvalue weighted by Crippen LogP contribution is 2.28. The van der Waals surface area contributed by atoms with E-state index in [0.717, 1.165) is 11.8 Å². The Morgan fingerprint density at radius 3 is 2.66 bits per heavy atom. The molecular weight excluding hydrogens is 439 g/mol. The minimum atomic E-state index is -3.43. The molecule has 174 valence electrons. The lowest BCUT2D eigenvalue weighted by Crippen LogP contribution is -2.39. The van der Waals surface area contributed by atoms with Gasteiger partial charge in [-0.15, -0.1) is 0 Å². The smallest absolute Gasteiger partial charge is 0.323 e. The van der Waals surface area contributed by atoms with Gasteiger partial charge in [-0.1, -0.05) is 0 Å². The first-order valence-corrected chi connectivity index (χ1v) is 11.8. The van der Waals surface area contributed by atoms with Crippen LogP contribution in [0.15, 0.2) is 36.5 Å². The molecule has 2 aromatic rings. The lowest BCUT2D eigenvalue weighted by molar-refractivity contribution is 0.147. The predicted octanol–water partition coefficient (Wildman–Crippen LogP) is 2.99. The van der Waals surface area contributed by atoms with Crippen molar-refractivity contribution in [2.45, 2.75) is 32.4 Å². The summed E-state index contributed by atoms with van der Waals surface area (Å²) in [5.41, 5.74) is 1.50. The zero-order valence-corrected chi connectivity index (χ0v) is 19.0. The van der Waals surface area contributed by atoms with Crippen LogP contribution in [0.5, 0.6) is 5.75 Å². The van der Waals surface area contributed by atoms with E-state index in [0.29, 0.717) is 12.1 Å². The summed E-state index contributed by atoms with van der Waals surface area (Å²) < 4.78 is 51.3. The minimum absolute atomic E-state index is 0.0282. The number of anilines is 2. The maximum Gasteiger partial charge on any atom is 0.323 e. The quantitative estimate of drug-likeness (QED) is 0.619. The Bertz CT molecular complexity index is 1050. The number of ether oxygens (including phenoxy) is 2. The molecule has 3 rings (SSSR count). The topological polar surface area (TPSA) is 110 Å². The number of halogens is 1. The van der Waals surface area contributed by atoms with E-state index in [9.17, 15) is 17.6 Å². The van der Waals surface area contributed by atoms with E-state index < -0.39 is 28.0 Å². The molecule has 1 aliphatic heterocycles. The van der Waals surface area contributed by atoms with E-state index in [1.807, 2.05) is 6.92 Å². The van der Waals surface area contributed by atoms with Crippen molar-refractivity contribution in [2.75, 3.05) is 36.6 Å². The molecule has 0 saturated carbocycles. The zero-order chi connectivity index (χ0) is 23.3. The number of sulfonamides is 1. The maximum absolute atomic E-state index is 14.2. The third kappa shape index (κ3) is 6.15. The Labute approximate surface area is 187 Å². The van der Waals surface area contributed by atoms with Crippen LogP contribution in [0.3, 0.4) is 0 Å². The van der Waals surface area contributed by atoms with Crippen molar-refractivity contribution >= 4 is 27.4 Å². The normalized spacial score (nSPS) is 19.0. The molecule has 9 nitrogen and oxygen atoms in total.